The van der Waals surface area contributed by atoms with E-state index in [2.05, 4.69) is 28.1 Å². The van der Waals surface area contributed by atoms with Crippen molar-refractivity contribution >= 4 is 34.6 Å². The third kappa shape index (κ3) is 5.71. The molecule has 3 heterocycles. The lowest BCUT2D eigenvalue weighted by molar-refractivity contribution is -0.0503. The number of H-pyrrole nitrogens is 1. The van der Waals surface area contributed by atoms with Crippen molar-refractivity contribution in [2.75, 3.05) is 6.61 Å². The lowest BCUT2D eigenvalue weighted by Gasteiger charge is -2.19. The van der Waals surface area contributed by atoms with Gasteiger partial charge in [-0.25, -0.2) is 23.7 Å². The highest BCUT2D eigenvalue weighted by Crippen LogP contribution is 2.66. The third-order valence-electron chi connectivity index (χ3n) is 3.79. The number of nitrogens with zero attached hydrogens (tertiary/aromatic N) is 3. The predicted octanol–water partition coefficient (Wildman–Crippen LogP) is -1.92. The number of nitrogens with one attached hydrogen (secondary N) is 1. The Hall–Kier alpha value is -1.36. The first-order valence-corrected chi connectivity index (χ1v) is 12.4. The Morgan fingerprint density at radius 3 is 2.39 bits per heavy atom. The van der Waals surface area contributed by atoms with Crippen molar-refractivity contribution < 1.29 is 61.4 Å². The minimum Gasteiger partial charge on any atom is -0.387 e. The van der Waals surface area contributed by atoms with E-state index in [0.717, 1.165) is 17.2 Å². The number of fused-ring (bicyclic) bond motifs is 1. The van der Waals surface area contributed by atoms with Crippen LogP contribution < -0.4 is 5.56 Å². The van der Waals surface area contributed by atoms with Gasteiger partial charge < -0.3 is 39.5 Å². The monoisotopic (exact) mass is 508 g/mol. The van der Waals surface area contributed by atoms with Gasteiger partial charge >= 0.3 is 23.5 Å². The highest BCUT2D eigenvalue weighted by molar-refractivity contribution is 7.66. The van der Waals surface area contributed by atoms with Crippen molar-refractivity contribution in [2.24, 2.45) is 0 Å². The molecule has 0 spiro atoms. The Balaban J connectivity index is 1.70. The lowest BCUT2D eigenvalue weighted by Crippen LogP contribution is -2.33. The Labute approximate surface area is 170 Å². The zero-order chi connectivity index (χ0) is 23.2. The smallest absolute Gasteiger partial charge is 0.387 e. The number of imidazole rings is 1. The predicted molar refractivity (Wildman–Crippen MR) is 93.9 cm³/mol. The fraction of sp³-hybridized carbons (Fsp3) is 0.500. The van der Waals surface area contributed by atoms with Gasteiger partial charge in [0.05, 0.1) is 19.3 Å². The summed E-state index contributed by atoms with van der Waals surface area (Å²) in [6.07, 6.45) is -4.05. The summed E-state index contributed by atoms with van der Waals surface area (Å²) in [6, 6.07) is 0. The molecule has 2 aromatic rings. The van der Waals surface area contributed by atoms with Crippen LogP contribution in [0.15, 0.2) is 17.4 Å². The van der Waals surface area contributed by atoms with Crippen molar-refractivity contribution in [2.45, 2.75) is 24.5 Å². The molecule has 21 heteroatoms. The molecule has 1 aliphatic rings. The molecule has 3 rings (SSSR count). The minimum absolute atomic E-state index is 0.00599. The number of aliphatic hydroxyl groups excluding tert-OH is 2. The van der Waals surface area contributed by atoms with Gasteiger partial charge in [-0.05, 0) is 0 Å². The Kier molecular flexibility index (Phi) is 6.68. The largest absolute Gasteiger partial charge is 0.490 e. The first-order chi connectivity index (χ1) is 14.2. The molecule has 6 atom stereocenters. The number of hydrogen-bond donors (Lipinski definition) is 7. The van der Waals surface area contributed by atoms with Crippen LogP contribution in [0.4, 0.5) is 0 Å². The highest BCUT2D eigenvalue weighted by atomic mass is 31.3. The average molecular weight is 508 g/mol. The summed E-state index contributed by atoms with van der Waals surface area (Å²) in [5, 5.41) is 20.3. The number of aromatic nitrogens is 4. The van der Waals surface area contributed by atoms with Crippen molar-refractivity contribution in [1.82, 2.24) is 19.5 Å². The molecule has 0 radical (unpaired) electrons. The summed E-state index contributed by atoms with van der Waals surface area (Å²) in [5.41, 5.74) is -0.681. The van der Waals surface area contributed by atoms with Gasteiger partial charge in [0.15, 0.2) is 17.4 Å². The first-order valence-electron chi connectivity index (χ1n) is 7.89. The molecule has 18 nitrogen and oxygen atoms in total. The summed E-state index contributed by atoms with van der Waals surface area (Å²) in [5.74, 6) is 0. The van der Waals surface area contributed by atoms with Crippen molar-refractivity contribution in [3.63, 3.8) is 0 Å². The minimum atomic E-state index is -5.72. The second-order valence-corrected chi connectivity index (χ2v) is 10.4. The van der Waals surface area contributed by atoms with Gasteiger partial charge in [0.25, 0.3) is 5.56 Å². The van der Waals surface area contributed by atoms with Crippen molar-refractivity contribution in [3.05, 3.63) is 23.0 Å². The number of aromatic amines is 1. The summed E-state index contributed by atoms with van der Waals surface area (Å²) in [4.78, 5) is 57.2. The Bertz CT molecular complexity index is 1160. The molecule has 1 saturated heterocycles. The molecule has 1 aliphatic heterocycles. The van der Waals surface area contributed by atoms with E-state index < -0.39 is 60.2 Å². The molecule has 0 saturated carbocycles. The van der Waals surface area contributed by atoms with E-state index in [9.17, 15) is 33.6 Å². The summed E-state index contributed by atoms with van der Waals surface area (Å²) in [7, 11) is -16.7. The second kappa shape index (κ2) is 8.53. The van der Waals surface area contributed by atoms with Crippen LogP contribution in [0, 0.1) is 0 Å². The fourth-order valence-corrected chi connectivity index (χ4v) is 5.65. The van der Waals surface area contributed by atoms with Crippen LogP contribution in [-0.4, -0.2) is 74.2 Å². The maximum absolute atomic E-state index is 11.8. The van der Waals surface area contributed by atoms with Crippen molar-refractivity contribution in [1.29, 1.82) is 0 Å². The van der Waals surface area contributed by atoms with Crippen LogP contribution in [-0.2, 0) is 31.6 Å². The normalized spacial score (nSPS) is 28.5. The number of phosphoric acid groups is 3. The Morgan fingerprint density at radius 1 is 1.06 bits per heavy atom. The number of phosphoric ester groups is 1. The van der Waals surface area contributed by atoms with E-state index in [1.807, 2.05) is 0 Å². The molecular weight excluding hydrogens is 493 g/mol. The van der Waals surface area contributed by atoms with Crippen molar-refractivity contribution in [3.8, 4) is 0 Å². The molecular formula is C10H15N4O14P3. The van der Waals surface area contributed by atoms with E-state index in [0.29, 0.717) is 0 Å². The third-order valence-corrected chi connectivity index (χ3v) is 7.60. The highest BCUT2D eigenvalue weighted by Gasteiger charge is 2.47. The molecule has 5 unspecified atom stereocenters. The topological polar surface area (TPSA) is 273 Å². The van der Waals surface area contributed by atoms with Crippen LogP contribution in [0.2, 0.25) is 0 Å². The molecule has 1 fully saturated rings. The maximum atomic E-state index is 11.8. The molecule has 0 bridgehead atoms. The summed E-state index contributed by atoms with van der Waals surface area (Å²) < 4.78 is 51.6. The summed E-state index contributed by atoms with van der Waals surface area (Å²) >= 11 is 0. The fourth-order valence-electron chi connectivity index (χ4n) is 2.62. The van der Waals surface area contributed by atoms with Gasteiger partial charge in [-0.2, -0.15) is 8.62 Å². The van der Waals surface area contributed by atoms with Crippen LogP contribution in [0.5, 0.6) is 0 Å². The Morgan fingerprint density at radius 2 is 1.74 bits per heavy atom. The number of aliphatic hydroxyl groups is 2. The zero-order valence-corrected chi connectivity index (χ0v) is 17.5. The summed E-state index contributed by atoms with van der Waals surface area (Å²) in [6.45, 7) is -0.987. The average Bonchev–Trinajstić information content (AvgIpc) is 3.13. The number of rotatable bonds is 8. The van der Waals surface area contributed by atoms with Crippen LogP contribution in [0.3, 0.4) is 0 Å². The van der Waals surface area contributed by atoms with E-state index >= 15 is 0 Å². The molecule has 0 amide bonds. The van der Waals surface area contributed by atoms with Gasteiger partial charge in [0.1, 0.15) is 18.3 Å². The maximum Gasteiger partial charge on any atom is 0.490 e. The van der Waals surface area contributed by atoms with E-state index in [1.54, 1.807) is 0 Å². The van der Waals surface area contributed by atoms with Crippen LogP contribution >= 0.6 is 23.5 Å². The quantitative estimate of drug-likeness (QED) is 0.191. The van der Waals surface area contributed by atoms with E-state index in [-0.39, 0.29) is 11.2 Å². The standard InChI is InChI=1S/C10H15N4O14P3/c15-6-4(1-25-30(21,22)28-31(23,24)27-29(18,19)20)26-10(7(6)16)14-3-13-5-8(14)11-2-12-9(5)17/h2-4,6-7,10,15-16H,1H2,(H,21,22)(H,23,24)(H,11,12,17)(H2,18,19,20)/t4?,6?,7?,10-/m1/s1. The van der Waals surface area contributed by atoms with Gasteiger partial charge in [0, 0.05) is 0 Å². The van der Waals surface area contributed by atoms with Crippen LogP contribution in [0.25, 0.3) is 11.2 Å². The molecule has 2 aromatic heterocycles. The molecule has 31 heavy (non-hydrogen) atoms. The molecule has 7 N–H and O–H groups in total. The second-order valence-electron chi connectivity index (χ2n) is 5.99. The molecule has 0 aromatic carbocycles. The van der Waals surface area contributed by atoms with Gasteiger partial charge in [-0.15, -0.1) is 0 Å². The van der Waals surface area contributed by atoms with E-state index in [1.165, 1.54) is 0 Å². The zero-order valence-electron chi connectivity index (χ0n) is 14.8. The van der Waals surface area contributed by atoms with Gasteiger partial charge in [-0.3, -0.25) is 13.9 Å². The van der Waals surface area contributed by atoms with E-state index in [4.69, 9.17) is 19.4 Å². The van der Waals surface area contributed by atoms with Gasteiger partial charge in [-0.1, -0.05) is 0 Å². The lowest BCUT2D eigenvalue weighted by atomic mass is 10.1. The SMILES string of the molecule is O=c1[nH]cnc2c1ncn2[C@@H]1OC(COP(=O)(O)OP(=O)(O)OP(=O)(O)O)C(O)C1O. The van der Waals surface area contributed by atoms with Crippen LogP contribution in [0.1, 0.15) is 6.23 Å². The number of hydrogen-bond acceptors (Lipinski definition) is 12. The number of ether oxygens (including phenoxy) is 1. The molecule has 0 aliphatic carbocycles. The van der Waals surface area contributed by atoms with Gasteiger partial charge in [0.2, 0.25) is 0 Å². The first kappa shape index (κ1) is 24.3. The molecule has 174 valence electrons.